The second-order valence-corrected chi connectivity index (χ2v) is 3.74. The highest BCUT2D eigenvalue weighted by atomic mass is 28.1. The van der Waals surface area contributed by atoms with Crippen LogP contribution in [0.15, 0.2) is 12.3 Å². The largest absolute Gasteiger partial charge is 0.244 e. The molecule has 0 saturated carbocycles. The molecule has 54 valence electrons. The maximum Gasteiger partial charge on any atom is 0.130 e. The fourth-order valence-corrected chi connectivity index (χ4v) is 1.12. The smallest absolute Gasteiger partial charge is 0.130 e. The molecule has 0 N–H and O–H groups in total. The van der Waals surface area contributed by atoms with Crippen molar-refractivity contribution in [3.05, 3.63) is 18.1 Å². The van der Waals surface area contributed by atoms with Crippen molar-refractivity contribution in [1.29, 1.82) is 0 Å². The zero-order valence-corrected chi connectivity index (χ0v) is 8.63. The van der Waals surface area contributed by atoms with Gasteiger partial charge in [0.15, 0.2) is 0 Å². The molecular formula is C7H12N2Si. The molecule has 0 bridgehead atoms. The molecular weight excluding hydrogens is 140 g/mol. The van der Waals surface area contributed by atoms with Gasteiger partial charge < -0.3 is 0 Å². The van der Waals surface area contributed by atoms with Crippen molar-refractivity contribution in [3.8, 4) is 0 Å². The van der Waals surface area contributed by atoms with Gasteiger partial charge in [0, 0.05) is 17.4 Å². The lowest BCUT2D eigenvalue weighted by atomic mass is 10.2. The molecule has 0 spiro atoms. The minimum absolute atomic E-state index is 0.453. The Morgan fingerprint density at radius 3 is 2.60 bits per heavy atom. The zero-order chi connectivity index (χ0) is 7.56. The lowest BCUT2D eigenvalue weighted by Crippen LogP contribution is -2.12. The molecule has 0 fully saturated rings. The van der Waals surface area contributed by atoms with Gasteiger partial charge >= 0.3 is 0 Å². The lowest BCUT2D eigenvalue weighted by molar-refractivity contribution is 0.779. The van der Waals surface area contributed by atoms with E-state index in [0.717, 1.165) is 16.1 Å². The Kier molecular flexibility index (Phi) is 2.16. The van der Waals surface area contributed by atoms with Crippen LogP contribution in [0, 0.1) is 0 Å². The minimum atomic E-state index is 0.453. The molecule has 0 aromatic carbocycles. The van der Waals surface area contributed by atoms with Crippen LogP contribution in [0.1, 0.15) is 25.6 Å². The van der Waals surface area contributed by atoms with Crippen LogP contribution in [0.5, 0.6) is 0 Å². The quantitative estimate of drug-likeness (QED) is 0.511. The molecule has 0 unspecified atom stereocenters. The van der Waals surface area contributed by atoms with E-state index in [4.69, 9.17) is 0 Å². The molecule has 0 aliphatic heterocycles. The molecule has 0 aliphatic carbocycles. The summed E-state index contributed by atoms with van der Waals surface area (Å²) in [6.07, 6.45) is 1.84. The van der Waals surface area contributed by atoms with Crippen molar-refractivity contribution < 1.29 is 0 Å². The van der Waals surface area contributed by atoms with E-state index in [-0.39, 0.29) is 0 Å². The molecule has 0 aliphatic rings. The topological polar surface area (TPSA) is 25.8 Å². The van der Waals surface area contributed by atoms with Gasteiger partial charge in [0.1, 0.15) is 5.82 Å². The summed E-state index contributed by atoms with van der Waals surface area (Å²) in [7, 11) is 1.02. The Bertz CT molecular complexity index is 223. The van der Waals surface area contributed by atoms with Crippen LogP contribution in [0.2, 0.25) is 0 Å². The molecule has 0 saturated heterocycles. The molecule has 2 nitrogen and oxygen atoms in total. The Labute approximate surface area is 64.1 Å². The summed E-state index contributed by atoms with van der Waals surface area (Å²) in [5.74, 6) is 1.42. The maximum absolute atomic E-state index is 4.32. The Balaban J connectivity index is 2.96. The fraction of sp³-hybridized carbons (Fsp3) is 0.429. The number of nitrogens with zero attached hydrogens (tertiary/aromatic N) is 2. The van der Waals surface area contributed by atoms with E-state index in [1.807, 2.05) is 12.3 Å². The van der Waals surface area contributed by atoms with Gasteiger partial charge in [-0.1, -0.05) is 13.8 Å². The number of rotatable bonds is 1. The summed E-state index contributed by atoms with van der Waals surface area (Å²) in [5.41, 5.74) is 0. The van der Waals surface area contributed by atoms with Crippen LogP contribution in [-0.4, -0.2) is 20.2 Å². The first-order valence-corrected chi connectivity index (χ1v) is 4.49. The van der Waals surface area contributed by atoms with Gasteiger partial charge in [-0.15, -0.1) is 0 Å². The van der Waals surface area contributed by atoms with Crippen molar-refractivity contribution in [2.45, 2.75) is 19.8 Å². The Morgan fingerprint density at radius 1 is 1.50 bits per heavy atom. The molecule has 1 aromatic rings. The predicted molar refractivity (Wildman–Crippen MR) is 45.7 cm³/mol. The molecule has 0 radical (unpaired) electrons. The van der Waals surface area contributed by atoms with Crippen molar-refractivity contribution in [2.24, 2.45) is 0 Å². The highest BCUT2D eigenvalue weighted by molar-refractivity contribution is 6.30. The fourth-order valence-electron chi connectivity index (χ4n) is 0.746. The summed E-state index contributed by atoms with van der Waals surface area (Å²) >= 11 is 0. The van der Waals surface area contributed by atoms with Gasteiger partial charge in [-0.2, -0.15) is 0 Å². The van der Waals surface area contributed by atoms with Crippen LogP contribution in [0.4, 0.5) is 0 Å². The number of hydrogen-bond donors (Lipinski definition) is 0. The van der Waals surface area contributed by atoms with Gasteiger partial charge in [-0.05, 0) is 6.07 Å². The molecule has 1 heterocycles. The summed E-state index contributed by atoms with van der Waals surface area (Å²) in [4.78, 5) is 8.47. The predicted octanol–water partition coefficient (Wildman–Crippen LogP) is -0.409. The Hall–Kier alpha value is -0.703. The zero-order valence-electron chi connectivity index (χ0n) is 6.63. The second-order valence-electron chi connectivity index (χ2n) is 2.71. The van der Waals surface area contributed by atoms with E-state index < -0.39 is 0 Å². The van der Waals surface area contributed by atoms with Crippen molar-refractivity contribution in [2.75, 3.05) is 0 Å². The average Bonchev–Trinajstić information content (AvgIpc) is 1.88. The molecule has 1 aromatic heterocycles. The summed E-state index contributed by atoms with van der Waals surface area (Å²) in [5, 5.41) is 1.18. The molecule has 1 rings (SSSR count). The van der Waals surface area contributed by atoms with E-state index in [9.17, 15) is 0 Å². The summed E-state index contributed by atoms with van der Waals surface area (Å²) in [6.45, 7) is 4.21. The maximum atomic E-state index is 4.32. The highest BCUT2D eigenvalue weighted by Crippen LogP contribution is 2.04. The summed E-state index contributed by atoms with van der Waals surface area (Å²) < 4.78 is 0. The second kappa shape index (κ2) is 2.92. The van der Waals surface area contributed by atoms with Gasteiger partial charge in [0.2, 0.25) is 0 Å². The van der Waals surface area contributed by atoms with Crippen LogP contribution >= 0.6 is 0 Å². The van der Waals surface area contributed by atoms with Crippen molar-refractivity contribution in [1.82, 2.24) is 9.97 Å². The van der Waals surface area contributed by atoms with Gasteiger partial charge in [0.05, 0.1) is 10.2 Å². The van der Waals surface area contributed by atoms with E-state index in [0.29, 0.717) is 5.92 Å². The first-order valence-electron chi connectivity index (χ1n) is 3.49. The third-order valence-electron chi connectivity index (χ3n) is 1.33. The van der Waals surface area contributed by atoms with E-state index in [2.05, 4.69) is 23.8 Å². The van der Waals surface area contributed by atoms with Crippen LogP contribution < -0.4 is 5.32 Å². The van der Waals surface area contributed by atoms with E-state index in [1.165, 1.54) is 5.32 Å². The standard InChI is InChI=1S/C7H12N2Si/c1-5(2)7-8-4-3-6(10)9-7/h3-5H,1-2,10H3. The lowest BCUT2D eigenvalue weighted by Gasteiger charge is -2.01. The van der Waals surface area contributed by atoms with Gasteiger partial charge in [-0.25, -0.2) is 9.97 Å². The van der Waals surface area contributed by atoms with Crippen molar-refractivity contribution in [3.63, 3.8) is 0 Å². The normalized spacial score (nSPS) is 10.7. The SMILES string of the molecule is CC(C)c1nccc([SiH3])n1. The third kappa shape index (κ3) is 1.64. The van der Waals surface area contributed by atoms with Gasteiger partial charge in [-0.3, -0.25) is 0 Å². The Morgan fingerprint density at radius 2 is 2.20 bits per heavy atom. The minimum Gasteiger partial charge on any atom is -0.244 e. The monoisotopic (exact) mass is 152 g/mol. The molecule has 10 heavy (non-hydrogen) atoms. The number of hydrogen-bond acceptors (Lipinski definition) is 2. The third-order valence-corrected chi connectivity index (χ3v) is 1.89. The highest BCUT2D eigenvalue weighted by Gasteiger charge is 1.99. The summed E-state index contributed by atoms with van der Waals surface area (Å²) in [6, 6.07) is 1.97. The van der Waals surface area contributed by atoms with Gasteiger partial charge in [0.25, 0.3) is 0 Å². The average molecular weight is 152 g/mol. The molecule has 3 heteroatoms. The van der Waals surface area contributed by atoms with Crippen LogP contribution in [-0.2, 0) is 0 Å². The molecule has 0 atom stereocenters. The first-order chi connectivity index (χ1) is 4.70. The van der Waals surface area contributed by atoms with E-state index in [1.54, 1.807) is 0 Å². The first kappa shape index (κ1) is 7.40. The van der Waals surface area contributed by atoms with Crippen LogP contribution in [0.3, 0.4) is 0 Å². The molecule has 0 amide bonds. The number of aromatic nitrogens is 2. The van der Waals surface area contributed by atoms with Crippen molar-refractivity contribution >= 4 is 15.6 Å². The van der Waals surface area contributed by atoms with Crippen LogP contribution in [0.25, 0.3) is 0 Å². The van der Waals surface area contributed by atoms with E-state index >= 15 is 0 Å².